The van der Waals surface area contributed by atoms with Crippen LogP contribution >= 0.6 is 0 Å². The number of fused-ring (bicyclic) bond motifs is 1. The highest BCUT2D eigenvalue weighted by Crippen LogP contribution is 2.05. The van der Waals surface area contributed by atoms with Gasteiger partial charge in [0.1, 0.15) is 0 Å². The number of hydrogen-bond acceptors (Lipinski definition) is 7. The lowest BCUT2D eigenvalue weighted by Crippen LogP contribution is -2.32. The molecule has 148 valence electrons. The molecule has 0 aliphatic heterocycles. The van der Waals surface area contributed by atoms with Crippen molar-refractivity contribution in [2.24, 2.45) is 0 Å². The molecule has 0 aliphatic rings. The minimum absolute atomic E-state index is 0.0213. The number of aryl methyl sites for hydroxylation is 2. The second kappa shape index (κ2) is 7.62. The van der Waals surface area contributed by atoms with Gasteiger partial charge in [-0.25, -0.2) is 14.3 Å². The Labute approximate surface area is 165 Å². The van der Waals surface area contributed by atoms with Crippen molar-refractivity contribution in [3.63, 3.8) is 0 Å². The van der Waals surface area contributed by atoms with E-state index in [4.69, 9.17) is 0 Å². The standard InChI is InChI=1S/C18H19N9O2/c1-12-10-13(2)26-17(20-12)21-15(22-26)11-16(28)19-8-9-25-18(29)27(24-23-25)14-6-4-3-5-7-14/h3-7,10H,8-9,11H2,1-2H3,(H,19,28). The normalized spacial score (nSPS) is 11.1. The summed E-state index contributed by atoms with van der Waals surface area (Å²) in [5.74, 6) is 0.601. The van der Waals surface area contributed by atoms with Gasteiger partial charge >= 0.3 is 5.69 Å². The van der Waals surface area contributed by atoms with Gasteiger partial charge in [0, 0.05) is 17.9 Å². The molecule has 11 nitrogen and oxygen atoms in total. The van der Waals surface area contributed by atoms with Crippen molar-refractivity contribution in [2.75, 3.05) is 6.54 Å². The summed E-state index contributed by atoms with van der Waals surface area (Å²) in [5, 5.41) is 14.8. The van der Waals surface area contributed by atoms with Gasteiger partial charge in [0.25, 0.3) is 5.78 Å². The maximum atomic E-state index is 12.4. The van der Waals surface area contributed by atoms with Gasteiger partial charge in [-0.15, -0.1) is 5.10 Å². The lowest BCUT2D eigenvalue weighted by atomic mass is 10.3. The van der Waals surface area contributed by atoms with E-state index in [-0.39, 0.29) is 31.1 Å². The zero-order valence-electron chi connectivity index (χ0n) is 16.0. The fourth-order valence-corrected chi connectivity index (χ4v) is 2.94. The number of aromatic nitrogens is 8. The van der Waals surface area contributed by atoms with Crippen LogP contribution in [0.3, 0.4) is 0 Å². The van der Waals surface area contributed by atoms with Gasteiger partial charge in [0.15, 0.2) is 5.82 Å². The Hall–Kier alpha value is -3.89. The van der Waals surface area contributed by atoms with Gasteiger partial charge < -0.3 is 5.32 Å². The predicted octanol–water partition coefficient (Wildman–Crippen LogP) is -0.158. The number of para-hydroxylation sites is 1. The van der Waals surface area contributed by atoms with Crippen LogP contribution in [0.4, 0.5) is 0 Å². The number of carbonyl (C=O) groups excluding carboxylic acids is 1. The average molecular weight is 393 g/mol. The largest absolute Gasteiger partial charge is 0.368 e. The third-order valence-electron chi connectivity index (χ3n) is 4.27. The number of nitrogens with one attached hydrogen (secondary N) is 1. The minimum Gasteiger partial charge on any atom is -0.354 e. The summed E-state index contributed by atoms with van der Waals surface area (Å²) >= 11 is 0. The van der Waals surface area contributed by atoms with Crippen LogP contribution < -0.4 is 11.0 Å². The van der Waals surface area contributed by atoms with E-state index in [9.17, 15) is 9.59 Å². The second-order valence-corrected chi connectivity index (χ2v) is 6.54. The third kappa shape index (κ3) is 3.88. The van der Waals surface area contributed by atoms with Gasteiger partial charge in [-0.05, 0) is 42.5 Å². The minimum atomic E-state index is -0.371. The molecule has 1 amide bonds. The van der Waals surface area contributed by atoms with Crippen molar-refractivity contribution in [3.8, 4) is 5.69 Å². The number of rotatable bonds is 6. The molecule has 0 saturated heterocycles. The van der Waals surface area contributed by atoms with E-state index in [2.05, 4.69) is 30.8 Å². The number of nitrogens with zero attached hydrogens (tertiary/aromatic N) is 8. The quantitative estimate of drug-likeness (QED) is 0.483. The molecule has 0 atom stereocenters. The Bertz CT molecular complexity index is 1220. The maximum Gasteiger partial charge on any atom is 0.368 e. The Kier molecular flexibility index (Phi) is 4.85. The van der Waals surface area contributed by atoms with Gasteiger partial charge in [-0.2, -0.15) is 14.3 Å². The summed E-state index contributed by atoms with van der Waals surface area (Å²) in [6.07, 6.45) is 0.0213. The smallest absolute Gasteiger partial charge is 0.354 e. The van der Waals surface area contributed by atoms with E-state index in [0.717, 1.165) is 11.4 Å². The van der Waals surface area contributed by atoms with E-state index in [1.807, 2.05) is 38.1 Å². The molecule has 0 saturated carbocycles. The number of amides is 1. The predicted molar refractivity (Wildman–Crippen MR) is 103 cm³/mol. The Balaban J connectivity index is 1.36. The van der Waals surface area contributed by atoms with Crippen LogP contribution in [0.15, 0.2) is 41.2 Å². The molecule has 3 aromatic heterocycles. The Morgan fingerprint density at radius 2 is 1.90 bits per heavy atom. The average Bonchev–Trinajstić information content (AvgIpc) is 3.26. The summed E-state index contributed by atoms with van der Waals surface area (Å²) < 4.78 is 4.02. The molecular formula is C18H19N9O2. The van der Waals surface area contributed by atoms with E-state index in [1.54, 1.807) is 16.6 Å². The molecule has 0 fully saturated rings. The molecule has 0 bridgehead atoms. The summed E-state index contributed by atoms with van der Waals surface area (Å²) in [6, 6.07) is 10.9. The summed E-state index contributed by atoms with van der Waals surface area (Å²) in [7, 11) is 0. The molecule has 0 radical (unpaired) electrons. The Morgan fingerprint density at radius 3 is 2.69 bits per heavy atom. The highest BCUT2D eigenvalue weighted by Gasteiger charge is 2.12. The van der Waals surface area contributed by atoms with Crippen LogP contribution in [0.5, 0.6) is 0 Å². The topological polar surface area (TPSA) is 125 Å². The first-order chi connectivity index (χ1) is 14.0. The van der Waals surface area contributed by atoms with Crippen molar-refractivity contribution in [1.82, 2.24) is 44.7 Å². The lowest BCUT2D eigenvalue weighted by Gasteiger charge is -2.02. The summed E-state index contributed by atoms with van der Waals surface area (Å²) in [4.78, 5) is 33.1. The fourth-order valence-electron chi connectivity index (χ4n) is 2.94. The van der Waals surface area contributed by atoms with Gasteiger partial charge in [0.05, 0.1) is 18.7 Å². The number of tetrazole rings is 1. The highest BCUT2D eigenvalue weighted by molar-refractivity contribution is 5.77. The van der Waals surface area contributed by atoms with Crippen molar-refractivity contribution < 1.29 is 4.79 Å². The first-order valence-electron chi connectivity index (χ1n) is 9.06. The van der Waals surface area contributed by atoms with Crippen molar-refractivity contribution in [2.45, 2.75) is 26.8 Å². The first-order valence-corrected chi connectivity index (χ1v) is 9.06. The molecule has 29 heavy (non-hydrogen) atoms. The fraction of sp³-hybridized carbons (Fsp3) is 0.278. The molecule has 3 heterocycles. The maximum absolute atomic E-state index is 12.4. The van der Waals surface area contributed by atoms with E-state index in [0.29, 0.717) is 17.3 Å². The van der Waals surface area contributed by atoms with Crippen LogP contribution in [-0.2, 0) is 17.8 Å². The zero-order chi connectivity index (χ0) is 20.4. The van der Waals surface area contributed by atoms with Crippen LogP contribution in [0.1, 0.15) is 17.2 Å². The molecule has 0 aliphatic carbocycles. The van der Waals surface area contributed by atoms with Crippen LogP contribution in [-0.4, -0.2) is 51.8 Å². The molecule has 1 aromatic carbocycles. The number of hydrogen-bond donors (Lipinski definition) is 1. The van der Waals surface area contributed by atoms with Gasteiger partial charge in [-0.3, -0.25) is 4.79 Å². The molecule has 4 rings (SSSR count). The molecule has 0 unspecified atom stereocenters. The molecule has 11 heteroatoms. The summed E-state index contributed by atoms with van der Waals surface area (Å²) in [6.45, 7) is 4.22. The number of carbonyl (C=O) groups is 1. The van der Waals surface area contributed by atoms with Crippen molar-refractivity contribution in [3.05, 3.63) is 64.1 Å². The zero-order valence-corrected chi connectivity index (χ0v) is 16.0. The van der Waals surface area contributed by atoms with Crippen molar-refractivity contribution in [1.29, 1.82) is 0 Å². The SMILES string of the molecule is Cc1cc(C)n2nc(CC(=O)NCCn3nnn(-c4ccccc4)c3=O)nc2n1. The lowest BCUT2D eigenvalue weighted by molar-refractivity contribution is -0.120. The molecular weight excluding hydrogens is 374 g/mol. The van der Waals surface area contributed by atoms with Crippen LogP contribution in [0, 0.1) is 13.8 Å². The monoisotopic (exact) mass is 393 g/mol. The van der Waals surface area contributed by atoms with Crippen LogP contribution in [0.25, 0.3) is 11.5 Å². The Morgan fingerprint density at radius 1 is 1.10 bits per heavy atom. The van der Waals surface area contributed by atoms with Crippen LogP contribution in [0.2, 0.25) is 0 Å². The highest BCUT2D eigenvalue weighted by atomic mass is 16.2. The molecule has 0 spiro atoms. The molecule has 4 aromatic rings. The molecule has 1 N–H and O–H groups in total. The number of benzene rings is 1. The third-order valence-corrected chi connectivity index (χ3v) is 4.27. The second-order valence-electron chi connectivity index (χ2n) is 6.54. The van der Waals surface area contributed by atoms with Gasteiger partial charge in [-0.1, -0.05) is 18.2 Å². The van der Waals surface area contributed by atoms with E-state index < -0.39 is 0 Å². The van der Waals surface area contributed by atoms with Crippen molar-refractivity contribution >= 4 is 11.7 Å². The van der Waals surface area contributed by atoms with Gasteiger partial charge in [0.2, 0.25) is 5.91 Å². The summed E-state index contributed by atoms with van der Waals surface area (Å²) in [5.41, 5.74) is 1.99. The first kappa shape index (κ1) is 18.5. The van der Waals surface area contributed by atoms with E-state index >= 15 is 0 Å². The van der Waals surface area contributed by atoms with E-state index in [1.165, 1.54) is 9.36 Å².